The normalized spacial score (nSPS) is 12.4. The Morgan fingerprint density at radius 3 is 1.09 bits per heavy atom. The molecule has 2 aromatic rings. The molecule has 2 rings (SSSR count). The maximum absolute atomic E-state index is 2.27. The van der Waals surface area contributed by atoms with E-state index in [4.69, 9.17) is 0 Å². The first-order chi connectivity index (χ1) is 10.1. The van der Waals surface area contributed by atoms with E-state index in [1.54, 1.807) is 0 Å². The van der Waals surface area contributed by atoms with Crippen LogP contribution in [-0.2, 0) is 35.1 Å². The maximum atomic E-state index is 2.27. The number of hydrogen-bond donors (Lipinski definition) is 0. The molecule has 1 heteroatoms. The summed E-state index contributed by atoms with van der Waals surface area (Å²) >= 11 is 1.46. The summed E-state index contributed by atoms with van der Waals surface area (Å²) in [5, 5.41) is 0. The molecule has 112 valence electrons. The summed E-state index contributed by atoms with van der Waals surface area (Å²) in [6.07, 6.45) is 0. The molecule has 0 heterocycles. The van der Waals surface area contributed by atoms with Gasteiger partial charge in [-0.2, -0.15) is 0 Å². The molecule has 0 N–H and O–H groups in total. The second kappa shape index (κ2) is 6.36. The monoisotopic (exact) mass is 368 g/mol. The second-order valence-electron chi connectivity index (χ2n) is 8.03. The van der Waals surface area contributed by atoms with Crippen LogP contribution in [0.1, 0.15) is 63.8 Å². The first kappa shape index (κ1) is 17.5. The fourth-order valence-electron chi connectivity index (χ4n) is 2.44. The van der Waals surface area contributed by atoms with E-state index >= 15 is 0 Å². The summed E-state index contributed by atoms with van der Waals surface area (Å²) in [7, 11) is 0. The molecule has 0 saturated heterocycles. The molecule has 0 aliphatic heterocycles. The van der Waals surface area contributed by atoms with E-state index in [1.807, 2.05) is 0 Å². The molecule has 0 aromatic heterocycles. The number of hydrogen-bond acceptors (Lipinski definition) is 0. The van der Waals surface area contributed by atoms with Crippen LogP contribution < -0.4 is 0 Å². The molecule has 0 aliphatic carbocycles. The van der Waals surface area contributed by atoms with Crippen LogP contribution in [0.25, 0.3) is 0 Å². The van der Waals surface area contributed by atoms with Gasteiger partial charge in [0, 0.05) is 0 Å². The van der Waals surface area contributed by atoms with E-state index < -0.39 is 0 Å². The van der Waals surface area contributed by atoms with Crippen molar-refractivity contribution >= 4 is 3.21 Å². The zero-order valence-corrected chi connectivity index (χ0v) is 17.1. The summed E-state index contributed by atoms with van der Waals surface area (Å²) in [5.41, 5.74) is 5.90. The SMILES string of the molecule is CC(C)(C)c1ccc([C](=[Zr+2])c2ccc(C(C)(C)C)cc2)cc1. The van der Waals surface area contributed by atoms with Crippen LogP contribution >= 0.6 is 0 Å². The third-order valence-corrected chi connectivity index (χ3v) is 5.50. The summed E-state index contributed by atoms with van der Waals surface area (Å²) in [4.78, 5) is 0. The number of rotatable bonds is 2. The Morgan fingerprint density at radius 1 is 0.591 bits per heavy atom. The molecule has 0 amide bonds. The van der Waals surface area contributed by atoms with Gasteiger partial charge < -0.3 is 0 Å². The Bertz CT molecular complexity index is 588. The zero-order valence-electron chi connectivity index (χ0n) is 14.6. The van der Waals surface area contributed by atoms with Crippen molar-refractivity contribution < 1.29 is 24.2 Å². The van der Waals surface area contributed by atoms with Gasteiger partial charge in [0.2, 0.25) is 0 Å². The topological polar surface area (TPSA) is 0 Å². The first-order valence-electron chi connectivity index (χ1n) is 7.89. The molecule has 0 nitrogen and oxygen atoms in total. The van der Waals surface area contributed by atoms with Crippen LogP contribution in [0.3, 0.4) is 0 Å². The fourth-order valence-corrected chi connectivity index (χ4v) is 3.26. The molecule has 0 saturated carbocycles. The molecular weight excluding hydrogens is 343 g/mol. The van der Waals surface area contributed by atoms with Crippen LogP contribution in [0, 0.1) is 0 Å². The van der Waals surface area contributed by atoms with Gasteiger partial charge in [-0.25, -0.2) is 0 Å². The molecular formula is C21H26Zr+2. The third-order valence-electron chi connectivity index (χ3n) is 4.08. The van der Waals surface area contributed by atoms with Crippen LogP contribution in [-0.4, -0.2) is 3.21 Å². The van der Waals surface area contributed by atoms with Crippen molar-refractivity contribution in [2.75, 3.05) is 0 Å². The summed E-state index contributed by atoms with van der Waals surface area (Å²) < 4.78 is 1.42. The van der Waals surface area contributed by atoms with Crippen molar-refractivity contribution in [1.82, 2.24) is 0 Å². The molecule has 2 aromatic carbocycles. The minimum absolute atomic E-state index is 0.216. The van der Waals surface area contributed by atoms with E-state index in [2.05, 4.69) is 90.1 Å². The predicted octanol–water partition coefficient (Wildman–Crippen LogP) is 5.40. The van der Waals surface area contributed by atoms with Gasteiger partial charge in [-0.1, -0.05) is 0 Å². The van der Waals surface area contributed by atoms with Crippen molar-refractivity contribution in [3.05, 3.63) is 70.8 Å². The van der Waals surface area contributed by atoms with Gasteiger partial charge in [-0.3, -0.25) is 0 Å². The Balaban J connectivity index is 2.25. The molecule has 0 unspecified atom stereocenters. The van der Waals surface area contributed by atoms with E-state index in [-0.39, 0.29) is 10.8 Å². The van der Waals surface area contributed by atoms with Gasteiger partial charge in [-0.15, -0.1) is 0 Å². The second-order valence-corrected chi connectivity index (χ2v) is 9.26. The first-order valence-corrected chi connectivity index (χ1v) is 9.12. The van der Waals surface area contributed by atoms with E-state index in [1.165, 1.54) is 49.7 Å². The molecule has 0 radical (unpaired) electrons. The van der Waals surface area contributed by atoms with Gasteiger partial charge >= 0.3 is 151 Å². The van der Waals surface area contributed by atoms with Gasteiger partial charge in [0.25, 0.3) is 0 Å². The van der Waals surface area contributed by atoms with Gasteiger partial charge in [0.05, 0.1) is 0 Å². The average molecular weight is 370 g/mol. The van der Waals surface area contributed by atoms with Crippen LogP contribution in [0.4, 0.5) is 0 Å². The van der Waals surface area contributed by atoms with Crippen molar-refractivity contribution in [2.45, 2.75) is 52.4 Å². The zero-order chi connectivity index (χ0) is 16.5. The standard InChI is InChI=1S/C21H26.Zr/c1-20(2,3)18-11-7-16(8-12-18)15-17-9-13-19(14-10-17)21(4,5)6;/h7-14H,1-6H3;/q;+2. The Labute approximate surface area is 150 Å². The van der Waals surface area contributed by atoms with Crippen LogP contribution in [0.2, 0.25) is 0 Å². The fraction of sp³-hybridized carbons (Fsp3) is 0.381. The van der Waals surface area contributed by atoms with Crippen LogP contribution in [0.15, 0.2) is 48.5 Å². The molecule has 0 aliphatic rings. The average Bonchev–Trinajstić information content (AvgIpc) is 2.45. The quantitative estimate of drug-likeness (QED) is 0.665. The predicted molar refractivity (Wildman–Crippen MR) is 93.5 cm³/mol. The molecule has 0 spiro atoms. The molecule has 0 bridgehead atoms. The van der Waals surface area contributed by atoms with Crippen molar-refractivity contribution in [1.29, 1.82) is 0 Å². The van der Waals surface area contributed by atoms with E-state index in [0.717, 1.165) is 0 Å². The Hall–Kier alpha value is -0.807. The van der Waals surface area contributed by atoms with E-state index in [9.17, 15) is 0 Å². The molecule has 22 heavy (non-hydrogen) atoms. The van der Waals surface area contributed by atoms with Crippen LogP contribution in [0.5, 0.6) is 0 Å². The van der Waals surface area contributed by atoms with Gasteiger partial charge in [0.15, 0.2) is 0 Å². The van der Waals surface area contributed by atoms with Crippen molar-refractivity contribution in [2.24, 2.45) is 0 Å². The van der Waals surface area contributed by atoms with E-state index in [0.29, 0.717) is 0 Å². The Kier molecular flexibility index (Phi) is 5.07. The van der Waals surface area contributed by atoms with Crippen molar-refractivity contribution in [3.8, 4) is 0 Å². The summed E-state index contributed by atoms with van der Waals surface area (Å²) in [6.45, 7) is 13.6. The molecule has 0 atom stereocenters. The van der Waals surface area contributed by atoms with Gasteiger partial charge in [0.1, 0.15) is 0 Å². The van der Waals surface area contributed by atoms with Crippen molar-refractivity contribution in [3.63, 3.8) is 0 Å². The third kappa shape index (κ3) is 4.14. The van der Waals surface area contributed by atoms with Gasteiger partial charge in [-0.05, 0) is 0 Å². The minimum atomic E-state index is 0.216. The Morgan fingerprint density at radius 2 is 0.864 bits per heavy atom. The number of benzene rings is 2. The summed E-state index contributed by atoms with van der Waals surface area (Å²) in [5.74, 6) is 0. The molecule has 0 fully saturated rings. The summed E-state index contributed by atoms with van der Waals surface area (Å²) in [6, 6.07) is 18.1.